The Hall–Kier alpha value is -2.53. The van der Waals surface area contributed by atoms with Crippen molar-refractivity contribution in [3.05, 3.63) is 66.0 Å². The first kappa shape index (κ1) is 15.4. The van der Waals surface area contributed by atoms with Crippen LogP contribution in [0.5, 0.6) is 0 Å². The summed E-state index contributed by atoms with van der Waals surface area (Å²) in [5.41, 5.74) is 1.64. The van der Waals surface area contributed by atoms with Gasteiger partial charge >= 0.3 is 0 Å². The zero-order chi connectivity index (χ0) is 16.2. The average Bonchev–Trinajstić information content (AvgIpc) is 2.84. The molecule has 0 radical (unpaired) electrons. The first-order valence-corrected chi connectivity index (χ1v) is 7.65. The Kier molecular flexibility index (Phi) is 4.48. The minimum Gasteiger partial charge on any atom is -0.335 e. The fourth-order valence-electron chi connectivity index (χ4n) is 2.79. The quantitative estimate of drug-likeness (QED) is 0.845. The number of para-hydroxylation sites is 1. The van der Waals surface area contributed by atoms with Crippen molar-refractivity contribution in [1.29, 1.82) is 0 Å². The highest BCUT2D eigenvalue weighted by Crippen LogP contribution is 2.20. The van der Waals surface area contributed by atoms with Gasteiger partial charge in [0.05, 0.1) is 18.7 Å². The number of rotatable bonds is 5. The van der Waals surface area contributed by atoms with Crippen LogP contribution in [-0.4, -0.2) is 24.4 Å². The number of benzene rings is 2. The SMILES string of the molecule is O=C1C[C@H]([NH2+]CCc2ccc(F)cc2)C(=O)N1c1ccccc1. The maximum atomic E-state index is 12.9. The molecule has 1 aliphatic heterocycles. The predicted octanol–water partition coefficient (Wildman–Crippen LogP) is 1.26. The largest absolute Gasteiger partial charge is 0.335 e. The van der Waals surface area contributed by atoms with E-state index in [0.29, 0.717) is 12.2 Å². The number of halogens is 1. The number of anilines is 1. The van der Waals surface area contributed by atoms with Crippen molar-refractivity contribution in [2.24, 2.45) is 0 Å². The number of quaternary nitrogens is 1. The third-order valence-corrected chi connectivity index (χ3v) is 3.99. The van der Waals surface area contributed by atoms with Crippen LogP contribution in [0.15, 0.2) is 54.6 Å². The molecule has 2 aromatic carbocycles. The molecule has 3 rings (SSSR count). The van der Waals surface area contributed by atoms with Crippen LogP contribution in [0.2, 0.25) is 0 Å². The molecule has 0 bridgehead atoms. The third kappa shape index (κ3) is 3.46. The Morgan fingerprint density at radius 1 is 1.04 bits per heavy atom. The molecular formula is C18H18FN2O2+. The van der Waals surface area contributed by atoms with Crippen LogP contribution in [-0.2, 0) is 16.0 Å². The van der Waals surface area contributed by atoms with Crippen molar-refractivity contribution >= 4 is 17.5 Å². The monoisotopic (exact) mass is 313 g/mol. The van der Waals surface area contributed by atoms with Crippen LogP contribution in [0.3, 0.4) is 0 Å². The van der Waals surface area contributed by atoms with E-state index in [0.717, 1.165) is 12.0 Å². The van der Waals surface area contributed by atoms with Crippen LogP contribution in [0.25, 0.3) is 0 Å². The van der Waals surface area contributed by atoms with E-state index < -0.39 is 0 Å². The van der Waals surface area contributed by atoms with Crippen molar-refractivity contribution in [3.8, 4) is 0 Å². The smallest absolute Gasteiger partial charge is 0.292 e. The zero-order valence-corrected chi connectivity index (χ0v) is 12.6. The van der Waals surface area contributed by atoms with Gasteiger partial charge in [0.2, 0.25) is 5.91 Å². The number of carbonyl (C=O) groups excluding carboxylic acids is 2. The number of nitrogens with zero attached hydrogens (tertiary/aromatic N) is 1. The number of hydrogen-bond acceptors (Lipinski definition) is 2. The number of hydrogen-bond donors (Lipinski definition) is 1. The molecular weight excluding hydrogens is 295 g/mol. The Morgan fingerprint density at radius 3 is 2.43 bits per heavy atom. The molecule has 5 heteroatoms. The van der Waals surface area contributed by atoms with Crippen molar-refractivity contribution in [2.45, 2.75) is 18.9 Å². The first-order chi connectivity index (χ1) is 11.1. The van der Waals surface area contributed by atoms with E-state index in [-0.39, 0.29) is 30.1 Å². The number of nitrogens with two attached hydrogens (primary N) is 1. The van der Waals surface area contributed by atoms with Gasteiger partial charge in [-0.2, -0.15) is 0 Å². The summed E-state index contributed by atoms with van der Waals surface area (Å²) in [5.74, 6) is -0.586. The third-order valence-electron chi connectivity index (χ3n) is 3.99. The van der Waals surface area contributed by atoms with Gasteiger partial charge in [0, 0.05) is 6.42 Å². The van der Waals surface area contributed by atoms with E-state index in [1.807, 2.05) is 23.5 Å². The fourth-order valence-corrected chi connectivity index (χ4v) is 2.79. The summed E-state index contributed by atoms with van der Waals surface area (Å²) in [5, 5.41) is 1.90. The summed E-state index contributed by atoms with van der Waals surface area (Å²) in [6.07, 6.45) is 0.945. The highest BCUT2D eigenvalue weighted by Gasteiger charge is 2.41. The molecule has 118 valence electrons. The normalized spacial score (nSPS) is 17.8. The summed E-state index contributed by atoms with van der Waals surface area (Å²) in [6, 6.07) is 14.9. The number of imide groups is 1. The van der Waals surface area contributed by atoms with Crippen LogP contribution < -0.4 is 10.2 Å². The van der Waals surface area contributed by atoms with E-state index in [2.05, 4.69) is 0 Å². The van der Waals surface area contributed by atoms with Crippen LogP contribution >= 0.6 is 0 Å². The fraction of sp³-hybridized carbons (Fsp3) is 0.222. The predicted molar refractivity (Wildman–Crippen MR) is 84.2 cm³/mol. The lowest BCUT2D eigenvalue weighted by Gasteiger charge is -2.13. The molecule has 1 saturated heterocycles. The Labute approximate surface area is 133 Å². The second-order valence-corrected chi connectivity index (χ2v) is 5.61. The van der Waals surface area contributed by atoms with E-state index in [1.54, 1.807) is 24.3 Å². The summed E-state index contributed by atoms with van der Waals surface area (Å²) in [7, 11) is 0. The van der Waals surface area contributed by atoms with Crippen molar-refractivity contribution < 1.29 is 19.3 Å². The van der Waals surface area contributed by atoms with Gasteiger partial charge in [-0.05, 0) is 29.8 Å². The molecule has 1 fully saturated rings. The van der Waals surface area contributed by atoms with Crippen molar-refractivity contribution in [1.82, 2.24) is 0 Å². The van der Waals surface area contributed by atoms with Crippen LogP contribution in [0, 0.1) is 5.82 Å². The molecule has 0 unspecified atom stereocenters. The zero-order valence-electron chi connectivity index (χ0n) is 12.6. The summed E-state index contributed by atoms with van der Waals surface area (Å²) < 4.78 is 12.9. The minimum atomic E-state index is -0.372. The van der Waals surface area contributed by atoms with E-state index in [1.165, 1.54) is 17.0 Å². The molecule has 1 heterocycles. The average molecular weight is 313 g/mol. The van der Waals surface area contributed by atoms with Crippen LogP contribution in [0.1, 0.15) is 12.0 Å². The maximum Gasteiger partial charge on any atom is 0.292 e. The second kappa shape index (κ2) is 6.71. The van der Waals surface area contributed by atoms with E-state index in [4.69, 9.17) is 0 Å². The topological polar surface area (TPSA) is 54.0 Å². The van der Waals surface area contributed by atoms with E-state index in [9.17, 15) is 14.0 Å². The van der Waals surface area contributed by atoms with Crippen LogP contribution in [0.4, 0.5) is 10.1 Å². The standard InChI is InChI=1S/C18H17FN2O2/c19-14-8-6-13(7-9-14)10-11-20-16-12-17(22)21(18(16)23)15-4-2-1-3-5-15/h1-9,16,20H,10-12H2/p+1/t16-/m0/s1. The van der Waals surface area contributed by atoms with Gasteiger partial charge in [0.1, 0.15) is 5.82 Å². The number of amides is 2. The Bertz CT molecular complexity index is 701. The Balaban J connectivity index is 1.58. The Morgan fingerprint density at radius 2 is 1.74 bits per heavy atom. The van der Waals surface area contributed by atoms with Gasteiger partial charge in [-0.25, -0.2) is 9.29 Å². The molecule has 0 saturated carbocycles. The summed E-state index contributed by atoms with van der Waals surface area (Å²) in [4.78, 5) is 25.8. The molecule has 0 spiro atoms. The van der Waals surface area contributed by atoms with Gasteiger partial charge < -0.3 is 5.32 Å². The lowest BCUT2D eigenvalue weighted by molar-refractivity contribution is -0.674. The molecule has 2 N–H and O–H groups in total. The molecule has 1 aliphatic rings. The van der Waals surface area contributed by atoms with Gasteiger partial charge in [-0.3, -0.25) is 9.59 Å². The molecule has 4 nitrogen and oxygen atoms in total. The van der Waals surface area contributed by atoms with Gasteiger partial charge in [-0.1, -0.05) is 30.3 Å². The second-order valence-electron chi connectivity index (χ2n) is 5.61. The van der Waals surface area contributed by atoms with Crippen molar-refractivity contribution in [3.63, 3.8) is 0 Å². The number of carbonyl (C=O) groups is 2. The molecule has 2 amide bonds. The molecule has 0 aromatic heterocycles. The van der Waals surface area contributed by atoms with Gasteiger partial charge in [0.15, 0.2) is 6.04 Å². The van der Waals surface area contributed by atoms with Crippen molar-refractivity contribution in [2.75, 3.05) is 11.4 Å². The molecule has 23 heavy (non-hydrogen) atoms. The summed E-state index contributed by atoms with van der Waals surface area (Å²) >= 11 is 0. The highest BCUT2D eigenvalue weighted by molar-refractivity contribution is 6.21. The van der Waals surface area contributed by atoms with Gasteiger partial charge in [-0.15, -0.1) is 0 Å². The van der Waals surface area contributed by atoms with Gasteiger partial charge in [0.25, 0.3) is 5.91 Å². The first-order valence-electron chi connectivity index (χ1n) is 7.65. The lowest BCUT2D eigenvalue weighted by atomic mass is 10.1. The molecule has 2 aromatic rings. The minimum absolute atomic E-state index is 0.163. The maximum absolute atomic E-state index is 12.9. The van der Waals surface area contributed by atoms with E-state index >= 15 is 0 Å². The molecule has 0 aliphatic carbocycles. The highest BCUT2D eigenvalue weighted by atomic mass is 19.1. The summed E-state index contributed by atoms with van der Waals surface area (Å²) in [6.45, 7) is 0.679. The molecule has 1 atom stereocenters. The lowest BCUT2D eigenvalue weighted by Crippen LogP contribution is -2.92.